The van der Waals surface area contributed by atoms with Crippen LogP contribution in [0.2, 0.25) is 0 Å². The first-order chi connectivity index (χ1) is 10.0. The Hall–Kier alpha value is -1.26. The van der Waals surface area contributed by atoms with Gasteiger partial charge in [-0.3, -0.25) is 4.90 Å². The summed E-state index contributed by atoms with van der Waals surface area (Å²) in [4.78, 5) is 2.53. The third-order valence-electron chi connectivity index (χ3n) is 4.06. The van der Waals surface area contributed by atoms with Crippen LogP contribution in [-0.2, 0) is 0 Å². The van der Waals surface area contributed by atoms with E-state index in [9.17, 15) is 0 Å². The highest BCUT2D eigenvalue weighted by Crippen LogP contribution is 2.27. The Kier molecular flexibility index (Phi) is 5.48. The van der Waals surface area contributed by atoms with Gasteiger partial charge in [0.05, 0.1) is 7.11 Å². The van der Waals surface area contributed by atoms with Crippen molar-refractivity contribution < 1.29 is 9.47 Å². The SMILES string of the molecule is COc1ccccc1OCCN1CCNCC1C(C)(C)C. The van der Waals surface area contributed by atoms with Crippen LogP contribution >= 0.6 is 0 Å². The number of piperazine rings is 1. The third kappa shape index (κ3) is 4.35. The van der Waals surface area contributed by atoms with Crippen molar-refractivity contribution in [3.8, 4) is 11.5 Å². The zero-order chi connectivity index (χ0) is 15.3. The molecule has 0 spiro atoms. The summed E-state index contributed by atoms with van der Waals surface area (Å²) in [6.07, 6.45) is 0. The molecule has 0 bridgehead atoms. The molecule has 1 unspecified atom stereocenters. The van der Waals surface area contributed by atoms with E-state index in [1.807, 2.05) is 24.3 Å². The van der Waals surface area contributed by atoms with Crippen LogP contribution in [0.3, 0.4) is 0 Å². The summed E-state index contributed by atoms with van der Waals surface area (Å²) in [5.74, 6) is 1.62. The third-order valence-corrected chi connectivity index (χ3v) is 4.06. The van der Waals surface area contributed by atoms with Crippen molar-refractivity contribution in [2.45, 2.75) is 26.8 Å². The monoisotopic (exact) mass is 292 g/mol. The Morgan fingerprint density at radius 3 is 2.62 bits per heavy atom. The quantitative estimate of drug-likeness (QED) is 0.903. The minimum absolute atomic E-state index is 0.276. The number of ether oxygens (including phenoxy) is 2. The lowest BCUT2D eigenvalue weighted by Gasteiger charge is -2.43. The molecule has 0 radical (unpaired) electrons. The average Bonchev–Trinajstić information content (AvgIpc) is 2.47. The maximum absolute atomic E-state index is 5.90. The van der Waals surface area contributed by atoms with Gasteiger partial charge >= 0.3 is 0 Å². The van der Waals surface area contributed by atoms with E-state index in [0.29, 0.717) is 12.6 Å². The molecular formula is C17H28N2O2. The zero-order valence-corrected chi connectivity index (χ0v) is 13.7. The second kappa shape index (κ2) is 7.14. The van der Waals surface area contributed by atoms with Crippen molar-refractivity contribution in [3.63, 3.8) is 0 Å². The van der Waals surface area contributed by atoms with Crippen LogP contribution in [0.4, 0.5) is 0 Å². The zero-order valence-electron chi connectivity index (χ0n) is 13.7. The lowest BCUT2D eigenvalue weighted by atomic mass is 9.84. The van der Waals surface area contributed by atoms with Gasteiger partial charge in [-0.1, -0.05) is 32.9 Å². The highest BCUT2D eigenvalue weighted by molar-refractivity contribution is 5.39. The van der Waals surface area contributed by atoms with E-state index in [-0.39, 0.29) is 5.41 Å². The Bertz CT molecular complexity index is 443. The van der Waals surface area contributed by atoms with Gasteiger partial charge in [0.15, 0.2) is 11.5 Å². The fraction of sp³-hybridized carbons (Fsp3) is 0.647. The van der Waals surface area contributed by atoms with Gasteiger partial charge in [0.25, 0.3) is 0 Å². The van der Waals surface area contributed by atoms with Crippen LogP contribution in [0.25, 0.3) is 0 Å². The molecule has 1 aliphatic rings. The molecule has 1 atom stereocenters. The van der Waals surface area contributed by atoms with Crippen LogP contribution in [0.5, 0.6) is 11.5 Å². The van der Waals surface area contributed by atoms with E-state index >= 15 is 0 Å². The molecule has 1 aromatic carbocycles. The Labute approximate surface area is 128 Å². The minimum Gasteiger partial charge on any atom is -0.493 e. The Balaban J connectivity index is 1.89. The van der Waals surface area contributed by atoms with Crippen molar-refractivity contribution in [1.82, 2.24) is 10.2 Å². The number of nitrogens with one attached hydrogen (secondary N) is 1. The fourth-order valence-corrected chi connectivity index (χ4v) is 2.88. The molecule has 1 aromatic rings. The summed E-state index contributed by atoms with van der Waals surface area (Å²) in [6.45, 7) is 11.7. The van der Waals surface area contributed by atoms with Crippen LogP contribution < -0.4 is 14.8 Å². The van der Waals surface area contributed by atoms with Gasteiger partial charge < -0.3 is 14.8 Å². The molecule has 118 valence electrons. The highest BCUT2D eigenvalue weighted by Gasteiger charge is 2.31. The summed E-state index contributed by atoms with van der Waals surface area (Å²) >= 11 is 0. The van der Waals surface area contributed by atoms with E-state index in [2.05, 4.69) is 31.0 Å². The average molecular weight is 292 g/mol. The summed E-state index contributed by atoms with van der Waals surface area (Å²) in [5.41, 5.74) is 0.276. The van der Waals surface area contributed by atoms with Gasteiger partial charge in [0.2, 0.25) is 0 Å². The molecule has 21 heavy (non-hydrogen) atoms. The predicted molar refractivity (Wildman–Crippen MR) is 86.2 cm³/mol. The summed E-state index contributed by atoms with van der Waals surface area (Å²) in [7, 11) is 1.67. The van der Waals surface area contributed by atoms with E-state index in [0.717, 1.165) is 37.7 Å². The normalized spacial score (nSPS) is 20.3. The number of para-hydroxylation sites is 2. The molecule has 0 saturated carbocycles. The second-order valence-electron chi connectivity index (χ2n) is 6.62. The molecule has 4 heteroatoms. The Morgan fingerprint density at radius 1 is 1.24 bits per heavy atom. The van der Waals surface area contributed by atoms with Crippen molar-refractivity contribution in [3.05, 3.63) is 24.3 Å². The maximum Gasteiger partial charge on any atom is 0.161 e. The molecular weight excluding hydrogens is 264 g/mol. The van der Waals surface area contributed by atoms with Crippen molar-refractivity contribution in [2.75, 3.05) is 39.9 Å². The standard InChI is InChI=1S/C17H28N2O2/c1-17(2,3)16-13-18-9-10-19(16)11-12-21-15-8-6-5-7-14(15)20-4/h5-8,16,18H,9-13H2,1-4H3. The van der Waals surface area contributed by atoms with Gasteiger partial charge in [-0.05, 0) is 17.5 Å². The van der Waals surface area contributed by atoms with Gasteiger partial charge in [-0.25, -0.2) is 0 Å². The van der Waals surface area contributed by atoms with Crippen molar-refractivity contribution in [1.29, 1.82) is 0 Å². The van der Waals surface area contributed by atoms with Crippen molar-refractivity contribution in [2.24, 2.45) is 5.41 Å². The molecule has 1 aliphatic heterocycles. The number of methoxy groups -OCH3 is 1. The number of hydrogen-bond acceptors (Lipinski definition) is 4. The predicted octanol–water partition coefficient (Wildman–Crippen LogP) is 2.39. The first-order valence-electron chi connectivity index (χ1n) is 7.73. The molecule has 1 fully saturated rings. The van der Waals surface area contributed by atoms with Gasteiger partial charge in [0, 0.05) is 32.2 Å². The Morgan fingerprint density at radius 2 is 1.95 bits per heavy atom. The molecule has 0 aromatic heterocycles. The van der Waals surface area contributed by atoms with Crippen LogP contribution in [0.1, 0.15) is 20.8 Å². The van der Waals surface area contributed by atoms with Crippen LogP contribution in [0.15, 0.2) is 24.3 Å². The van der Waals surface area contributed by atoms with Crippen LogP contribution in [0, 0.1) is 5.41 Å². The fourth-order valence-electron chi connectivity index (χ4n) is 2.88. The summed E-state index contributed by atoms with van der Waals surface area (Å²) in [6, 6.07) is 8.36. The lowest BCUT2D eigenvalue weighted by Crippen LogP contribution is -2.57. The highest BCUT2D eigenvalue weighted by atomic mass is 16.5. The maximum atomic E-state index is 5.90. The van der Waals surface area contributed by atoms with E-state index in [1.165, 1.54) is 0 Å². The molecule has 1 N–H and O–H groups in total. The van der Waals surface area contributed by atoms with Gasteiger partial charge in [0.1, 0.15) is 6.61 Å². The molecule has 2 rings (SSSR count). The number of benzene rings is 1. The summed E-state index contributed by atoms with van der Waals surface area (Å²) < 4.78 is 11.2. The lowest BCUT2D eigenvalue weighted by molar-refractivity contribution is 0.0627. The second-order valence-corrected chi connectivity index (χ2v) is 6.62. The molecule has 0 amide bonds. The largest absolute Gasteiger partial charge is 0.493 e. The van der Waals surface area contributed by atoms with Gasteiger partial charge in [-0.15, -0.1) is 0 Å². The molecule has 1 saturated heterocycles. The number of nitrogens with zero attached hydrogens (tertiary/aromatic N) is 1. The van der Waals surface area contributed by atoms with Crippen LogP contribution in [-0.4, -0.2) is 50.8 Å². The van der Waals surface area contributed by atoms with E-state index in [4.69, 9.17) is 9.47 Å². The number of hydrogen-bond donors (Lipinski definition) is 1. The van der Waals surface area contributed by atoms with E-state index in [1.54, 1.807) is 7.11 Å². The first-order valence-corrected chi connectivity index (χ1v) is 7.73. The smallest absolute Gasteiger partial charge is 0.161 e. The molecule has 1 heterocycles. The van der Waals surface area contributed by atoms with Gasteiger partial charge in [-0.2, -0.15) is 0 Å². The van der Waals surface area contributed by atoms with Crippen molar-refractivity contribution >= 4 is 0 Å². The summed E-state index contributed by atoms with van der Waals surface area (Å²) in [5, 5.41) is 3.50. The molecule has 4 nitrogen and oxygen atoms in total. The minimum atomic E-state index is 0.276. The van der Waals surface area contributed by atoms with E-state index < -0.39 is 0 Å². The number of rotatable bonds is 5. The molecule has 0 aliphatic carbocycles. The first kappa shape index (κ1) is 16.1. The topological polar surface area (TPSA) is 33.7 Å².